The molecule has 0 radical (unpaired) electrons. The number of hydrogen-bond donors (Lipinski definition) is 2. The van der Waals surface area contributed by atoms with E-state index in [2.05, 4.69) is 37.6 Å². The first-order chi connectivity index (χ1) is 13.5. The monoisotopic (exact) mass is 376 g/mol. The average Bonchev–Trinajstić information content (AvgIpc) is 3.23. The smallest absolute Gasteiger partial charge is 0.159 e. The quantitative estimate of drug-likeness (QED) is 0.536. The molecule has 144 valence electrons. The van der Waals surface area contributed by atoms with Crippen molar-refractivity contribution in [3.8, 4) is 11.6 Å². The molecule has 0 aliphatic carbocycles. The van der Waals surface area contributed by atoms with Crippen molar-refractivity contribution < 1.29 is 4.74 Å². The van der Waals surface area contributed by atoms with Crippen LogP contribution in [0, 0.1) is 20.8 Å². The van der Waals surface area contributed by atoms with Crippen LogP contribution in [0.1, 0.15) is 22.8 Å². The van der Waals surface area contributed by atoms with Crippen LogP contribution in [-0.2, 0) is 6.42 Å². The molecule has 0 saturated carbocycles. The topological polar surface area (TPSA) is 80.6 Å². The Morgan fingerprint density at radius 2 is 1.96 bits per heavy atom. The molecule has 0 spiro atoms. The minimum absolute atomic E-state index is 0.712. The second-order valence-electron chi connectivity index (χ2n) is 6.90. The van der Waals surface area contributed by atoms with Gasteiger partial charge in [-0.1, -0.05) is 0 Å². The molecule has 3 aromatic heterocycles. The molecule has 0 unspecified atom stereocenters. The molecule has 0 bridgehead atoms. The molecule has 2 N–H and O–H groups in total. The molecule has 7 heteroatoms. The summed E-state index contributed by atoms with van der Waals surface area (Å²) >= 11 is 0. The van der Waals surface area contributed by atoms with Gasteiger partial charge in [-0.25, -0.2) is 14.6 Å². The molecule has 0 atom stereocenters. The number of rotatable bonds is 6. The summed E-state index contributed by atoms with van der Waals surface area (Å²) in [6.07, 6.45) is 2.92. The standard InChI is InChI=1S/C21H24N6O/c1-13-9-14(2)27(26-13)21-11-20(24-15(3)25-21)22-8-7-16-12-23-19-6-5-17(28-4)10-18(16)19/h5-6,9-12,23H,7-8H2,1-4H3,(H,22,24,25). The molecule has 4 rings (SSSR count). The Bertz CT molecular complexity index is 1130. The first-order valence-corrected chi connectivity index (χ1v) is 9.30. The Morgan fingerprint density at radius 3 is 2.71 bits per heavy atom. The maximum atomic E-state index is 5.35. The van der Waals surface area contributed by atoms with Crippen molar-refractivity contribution in [3.63, 3.8) is 0 Å². The van der Waals surface area contributed by atoms with Gasteiger partial charge in [0.05, 0.1) is 12.8 Å². The lowest BCUT2D eigenvalue weighted by atomic mass is 10.1. The fraction of sp³-hybridized carbons (Fsp3) is 0.286. The number of aromatic nitrogens is 5. The highest BCUT2D eigenvalue weighted by Gasteiger charge is 2.09. The molecule has 28 heavy (non-hydrogen) atoms. The number of methoxy groups -OCH3 is 1. The van der Waals surface area contributed by atoms with Crippen molar-refractivity contribution in [2.75, 3.05) is 19.0 Å². The van der Waals surface area contributed by atoms with Gasteiger partial charge in [0.1, 0.15) is 17.4 Å². The predicted molar refractivity (Wildman–Crippen MR) is 110 cm³/mol. The minimum Gasteiger partial charge on any atom is -0.497 e. The normalized spacial score (nSPS) is 11.1. The molecule has 0 saturated heterocycles. The van der Waals surface area contributed by atoms with Crippen LogP contribution in [-0.4, -0.2) is 38.4 Å². The van der Waals surface area contributed by atoms with Crippen molar-refractivity contribution >= 4 is 16.7 Å². The van der Waals surface area contributed by atoms with E-state index in [1.54, 1.807) is 7.11 Å². The molecule has 3 heterocycles. The molecule has 7 nitrogen and oxygen atoms in total. The Balaban J connectivity index is 1.50. The van der Waals surface area contributed by atoms with Gasteiger partial charge in [-0.05, 0) is 57.0 Å². The molecule has 0 aliphatic heterocycles. The highest BCUT2D eigenvalue weighted by Crippen LogP contribution is 2.24. The highest BCUT2D eigenvalue weighted by atomic mass is 16.5. The van der Waals surface area contributed by atoms with Crippen LogP contribution in [0.3, 0.4) is 0 Å². The van der Waals surface area contributed by atoms with Crippen LogP contribution >= 0.6 is 0 Å². The number of anilines is 1. The summed E-state index contributed by atoms with van der Waals surface area (Å²) in [7, 11) is 1.69. The van der Waals surface area contributed by atoms with Crippen LogP contribution in [0.2, 0.25) is 0 Å². The van der Waals surface area contributed by atoms with E-state index in [4.69, 9.17) is 4.74 Å². The van der Waals surface area contributed by atoms with Gasteiger partial charge in [0.2, 0.25) is 0 Å². The zero-order valence-corrected chi connectivity index (χ0v) is 16.6. The number of nitrogens with zero attached hydrogens (tertiary/aromatic N) is 4. The lowest BCUT2D eigenvalue weighted by molar-refractivity contribution is 0.415. The molecule has 4 aromatic rings. The van der Waals surface area contributed by atoms with Crippen LogP contribution in [0.5, 0.6) is 5.75 Å². The number of benzene rings is 1. The minimum atomic E-state index is 0.712. The largest absolute Gasteiger partial charge is 0.497 e. The molecular weight excluding hydrogens is 352 g/mol. The van der Waals surface area contributed by atoms with E-state index in [9.17, 15) is 0 Å². The van der Waals surface area contributed by atoms with Crippen LogP contribution in [0.4, 0.5) is 5.82 Å². The van der Waals surface area contributed by atoms with Crippen molar-refractivity contribution in [3.05, 3.63) is 59.3 Å². The van der Waals surface area contributed by atoms with Gasteiger partial charge < -0.3 is 15.0 Å². The summed E-state index contributed by atoms with van der Waals surface area (Å²) in [5.74, 6) is 3.15. The third-order valence-electron chi connectivity index (χ3n) is 4.73. The van der Waals surface area contributed by atoms with Gasteiger partial charge in [-0.15, -0.1) is 0 Å². The zero-order chi connectivity index (χ0) is 19.7. The Kier molecular flexibility index (Phi) is 4.73. The highest BCUT2D eigenvalue weighted by molar-refractivity contribution is 5.84. The van der Waals surface area contributed by atoms with Gasteiger partial charge in [0.15, 0.2) is 5.82 Å². The number of nitrogens with one attached hydrogen (secondary N) is 2. The summed E-state index contributed by atoms with van der Waals surface area (Å²) in [5, 5.41) is 9.12. The van der Waals surface area contributed by atoms with Crippen molar-refractivity contribution in [1.29, 1.82) is 0 Å². The van der Waals surface area contributed by atoms with Crippen LogP contribution in [0.25, 0.3) is 16.7 Å². The predicted octanol–water partition coefficient (Wildman–Crippen LogP) is 3.73. The summed E-state index contributed by atoms with van der Waals surface area (Å²) in [5.41, 5.74) is 4.37. The van der Waals surface area contributed by atoms with E-state index in [-0.39, 0.29) is 0 Å². The van der Waals surface area contributed by atoms with Crippen molar-refractivity contribution in [2.24, 2.45) is 0 Å². The zero-order valence-electron chi connectivity index (χ0n) is 16.6. The van der Waals surface area contributed by atoms with E-state index in [0.29, 0.717) is 5.82 Å². The summed E-state index contributed by atoms with van der Waals surface area (Å²) in [6.45, 7) is 6.66. The van der Waals surface area contributed by atoms with E-state index in [1.165, 1.54) is 10.9 Å². The number of hydrogen-bond acceptors (Lipinski definition) is 5. The SMILES string of the molecule is COc1ccc2[nH]cc(CCNc3cc(-n4nc(C)cc4C)nc(C)n3)c2c1. The van der Waals surface area contributed by atoms with E-state index in [0.717, 1.165) is 47.3 Å². The van der Waals surface area contributed by atoms with E-state index < -0.39 is 0 Å². The summed E-state index contributed by atoms with van der Waals surface area (Å²) < 4.78 is 7.19. The molecule has 0 fully saturated rings. The number of aryl methyl sites for hydroxylation is 3. The molecular formula is C21H24N6O. The lowest BCUT2D eigenvalue weighted by Gasteiger charge is -2.09. The first-order valence-electron chi connectivity index (χ1n) is 9.30. The molecule has 0 aliphatic rings. The third kappa shape index (κ3) is 3.55. The Hall–Kier alpha value is -3.35. The number of H-pyrrole nitrogens is 1. The van der Waals surface area contributed by atoms with Gasteiger partial charge in [-0.3, -0.25) is 0 Å². The fourth-order valence-electron chi connectivity index (χ4n) is 3.43. The van der Waals surface area contributed by atoms with Gasteiger partial charge in [0.25, 0.3) is 0 Å². The van der Waals surface area contributed by atoms with Gasteiger partial charge >= 0.3 is 0 Å². The Labute approximate surface area is 163 Å². The maximum Gasteiger partial charge on any atom is 0.159 e. The van der Waals surface area contributed by atoms with Gasteiger partial charge in [-0.2, -0.15) is 5.10 Å². The summed E-state index contributed by atoms with van der Waals surface area (Å²) in [6, 6.07) is 10.0. The van der Waals surface area contributed by atoms with E-state index in [1.807, 2.05) is 49.7 Å². The number of fused-ring (bicyclic) bond motifs is 1. The number of aromatic amines is 1. The second kappa shape index (κ2) is 7.34. The molecule has 0 amide bonds. The van der Waals surface area contributed by atoms with Crippen molar-refractivity contribution in [1.82, 2.24) is 24.7 Å². The maximum absolute atomic E-state index is 5.35. The second-order valence-corrected chi connectivity index (χ2v) is 6.90. The van der Waals surface area contributed by atoms with Crippen molar-refractivity contribution in [2.45, 2.75) is 27.2 Å². The van der Waals surface area contributed by atoms with Crippen LogP contribution < -0.4 is 10.1 Å². The lowest BCUT2D eigenvalue weighted by Crippen LogP contribution is -2.10. The molecule has 1 aromatic carbocycles. The third-order valence-corrected chi connectivity index (χ3v) is 4.73. The van der Waals surface area contributed by atoms with Crippen LogP contribution in [0.15, 0.2) is 36.5 Å². The average molecular weight is 376 g/mol. The summed E-state index contributed by atoms with van der Waals surface area (Å²) in [4.78, 5) is 12.4. The fourth-order valence-corrected chi connectivity index (χ4v) is 3.43. The Morgan fingerprint density at radius 1 is 1.11 bits per heavy atom. The number of ether oxygens (including phenoxy) is 1. The van der Waals surface area contributed by atoms with Gasteiger partial charge in [0, 0.05) is 35.4 Å². The van der Waals surface area contributed by atoms with E-state index >= 15 is 0 Å². The first kappa shape index (κ1) is 18.0.